The molecule has 2 heterocycles. The molecule has 1 saturated heterocycles. The van der Waals surface area contributed by atoms with Crippen LogP contribution in [0.4, 0.5) is 0 Å². The van der Waals surface area contributed by atoms with E-state index in [9.17, 15) is 13.5 Å². The van der Waals surface area contributed by atoms with E-state index < -0.39 is 15.6 Å². The van der Waals surface area contributed by atoms with E-state index >= 15 is 0 Å². The Labute approximate surface area is 119 Å². The third kappa shape index (κ3) is 2.60. The Morgan fingerprint density at radius 3 is 2.60 bits per heavy atom. The topological polar surface area (TPSA) is 87.5 Å². The van der Waals surface area contributed by atoms with Crippen LogP contribution in [0.2, 0.25) is 0 Å². The lowest BCUT2D eigenvalue weighted by Crippen LogP contribution is -2.45. The molecule has 1 aliphatic rings. The quantitative estimate of drug-likeness (QED) is 0.774. The van der Waals surface area contributed by atoms with Crippen LogP contribution in [0.5, 0.6) is 0 Å². The van der Waals surface area contributed by atoms with E-state index in [-0.39, 0.29) is 11.4 Å². The number of hydrogen-bond acceptors (Lipinski definition) is 5. The minimum atomic E-state index is -3.64. The van der Waals surface area contributed by atoms with Crippen molar-refractivity contribution in [2.45, 2.75) is 30.8 Å². The molecule has 7 nitrogen and oxygen atoms in total. The summed E-state index contributed by atoms with van der Waals surface area (Å²) in [5.41, 5.74) is 0.0885. The van der Waals surface area contributed by atoms with Crippen LogP contribution < -0.4 is 5.32 Å². The van der Waals surface area contributed by atoms with Crippen molar-refractivity contribution in [2.75, 3.05) is 26.7 Å². The molecule has 1 fully saturated rings. The first-order valence-electron chi connectivity index (χ1n) is 6.57. The van der Waals surface area contributed by atoms with Crippen molar-refractivity contribution in [3.05, 3.63) is 11.4 Å². The number of rotatable bonds is 4. The maximum Gasteiger partial charge on any atom is 0.246 e. The van der Waals surface area contributed by atoms with Crippen molar-refractivity contribution in [3.8, 4) is 0 Å². The molecule has 0 amide bonds. The average Bonchev–Trinajstić information content (AvgIpc) is 2.84. The van der Waals surface area contributed by atoms with Crippen LogP contribution in [0.15, 0.2) is 4.90 Å². The Morgan fingerprint density at radius 2 is 2.15 bits per heavy atom. The normalized spacial score (nSPS) is 23.7. The fourth-order valence-electron chi connectivity index (χ4n) is 2.65. The van der Waals surface area contributed by atoms with Gasteiger partial charge in [-0.3, -0.25) is 4.68 Å². The van der Waals surface area contributed by atoms with Gasteiger partial charge in [0.25, 0.3) is 0 Å². The zero-order chi connectivity index (χ0) is 15.1. The van der Waals surface area contributed by atoms with Crippen LogP contribution >= 0.6 is 0 Å². The van der Waals surface area contributed by atoms with E-state index in [1.54, 1.807) is 25.6 Å². The molecular formula is C12H22N4O3S. The molecule has 114 valence electrons. The van der Waals surface area contributed by atoms with Gasteiger partial charge in [0.15, 0.2) is 0 Å². The van der Waals surface area contributed by atoms with E-state index in [1.165, 1.54) is 11.4 Å². The second kappa shape index (κ2) is 5.10. The molecule has 0 radical (unpaired) electrons. The lowest BCUT2D eigenvalue weighted by atomic mass is 10.0. The number of nitrogens with one attached hydrogen (secondary N) is 1. The van der Waals surface area contributed by atoms with E-state index in [1.807, 2.05) is 0 Å². The van der Waals surface area contributed by atoms with Gasteiger partial charge in [0.2, 0.25) is 10.0 Å². The lowest BCUT2D eigenvalue weighted by molar-refractivity contribution is 0.0462. The van der Waals surface area contributed by atoms with Crippen molar-refractivity contribution in [3.63, 3.8) is 0 Å². The molecule has 0 aromatic carbocycles. The number of aliphatic hydroxyl groups is 1. The Balaban J connectivity index is 2.30. The molecule has 20 heavy (non-hydrogen) atoms. The SMILES string of the molecule is Cc1nn(C)c(C)c1S(=O)(=O)N(C)CC1(O)CCNC1. The molecule has 1 aromatic heterocycles. The summed E-state index contributed by atoms with van der Waals surface area (Å²) in [5, 5.41) is 17.5. The maximum absolute atomic E-state index is 12.7. The Kier molecular flexibility index (Phi) is 3.94. The van der Waals surface area contributed by atoms with Gasteiger partial charge < -0.3 is 10.4 Å². The standard InChI is InChI=1S/C12H22N4O3S/c1-9-11(10(2)16(4)14-9)20(18,19)15(3)8-12(17)5-6-13-7-12/h13,17H,5-8H2,1-4H3. The van der Waals surface area contributed by atoms with Crippen LogP contribution in [-0.4, -0.2) is 59.9 Å². The van der Waals surface area contributed by atoms with E-state index in [0.717, 1.165) is 0 Å². The van der Waals surface area contributed by atoms with Gasteiger partial charge in [0.05, 0.1) is 17.0 Å². The van der Waals surface area contributed by atoms with Gasteiger partial charge in [-0.15, -0.1) is 0 Å². The first-order chi connectivity index (χ1) is 9.17. The summed E-state index contributed by atoms with van der Waals surface area (Å²) < 4.78 is 28.1. The summed E-state index contributed by atoms with van der Waals surface area (Å²) in [4.78, 5) is 0.233. The second-order valence-electron chi connectivity index (χ2n) is 5.54. The highest BCUT2D eigenvalue weighted by Gasteiger charge is 2.37. The summed E-state index contributed by atoms with van der Waals surface area (Å²) in [5.74, 6) is 0. The van der Waals surface area contributed by atoms with E-state index in [4.69, 9.17) is 0 Å². The highest BCUT2D eigenvalue weighted by atomic mass is 32.2. The maximum atomic E-state index is 12.7. The smallest absolute Gasteiger partial charge is 0.246 e. The van der Waals surface area contributed by atoms with Crippen molar-refractivity contribution >= 4 is 10.0 Å². The molecule has 8 heteroatoms. The minimum Gasteiger partial charge on any atom is -0.387 e. The van der Waals surface area contributed by atoms with Crippen molar-refractivity contribution in [1.29, 1.82) is 0 Å². The number of aromatic nitrogens is 2. The fourth-order valence-corrected chi connectivity index (χ4v) is 4.29. The van der Waals surface area contributed by atoms with Gasteiger partial charge in [-0.1, -0.05) is 0 Å². The summed E-state index contributed by atoms with van der Waals surface area (Å²) >= 11 is 0. The minimum absolute atomic E-state index is 0.0795. The molecule has 1 aliphatic heterocycles. The summed E-state index contributed by atoms with van der Waals surface area (Å²) in [7, 11) is -0.427. The molecule has 1 unspecified atom stereocenters. The summed E-state index contributed by atoms with van der Waals surface area (Å²) in [6.45, 7) is 4.61. The second-order valence-corrected chi connectivity index (χ2v) is 7.52. The Bertz CT molecular complexity index is 602. The van der Waals surface area contributed by atoms with Gasteiger partial charge in [0, 0.05) is 27.2 Å². The summed E-state index contributed by atoms with van der Waals surface area (Å²) in [6.07, 6.45) is 0.553. The summed E-state index contributed by atoms with van der Waals surface area (Å²) in [6, 6.07) is 0. The predicted octanol–water partition coefficient (Wildman–Crippen LogP) is -0.618. The van der Waals surface area contributed by atoms with Crippen LogP contribution in [-0.2, 0) is 17.1 Å². The van der Waals surface area contributed by atoms with Gasteiger partial charge >= 0.3 is 0 Å². The van der Waals surface area contributed by atoms with Gasteiger partial charge in [0.1, 0.15) is 4.90 Å². The molecule has 2 rings (SSSR count). The number of likely N-dealkylation sites (N-methyl/N-ethyl adjacent to an activating group) is 1. The predicted molar refractivity (Wildman–Crippen MR) is 74.9 cm³/mol. The number of hydrogen-bond donors (Lipinski definition) is 2. The van der Waals surface area contributed by atoms with Crippen LogP contribution in [0.1, 0.15) is 17.8 Å². The molecular weight excluding hydrogens is 280 g/mol. The highest BCUT2D eigenvalue weighted by Crippen LogP contribution is 2.24. The van der Waals surface area contributed by atoms with E-state index in [0.29, 0.717) is 30.9 Å². The van der Waals surface area contributed by atoms with Crippen LogP contribution in [0.3, 0.4) is 0 Å². The number of sulfonamides is 1. The molecule has 0 bridgehead atoms. The Morgan fingerprint density at radius 1 is 1.50 bits per heavy atom. The van der Waals surface area contributed by atoms with Gasteiger partial charge in [-0.25, -0.2) is 8.42 Å². The van der Waals surface area contributed by atoms with Crippen LogP contribution in [0.25, 0.3) is 0 Å². The molecule has 2 N–H and O–H groups in total. The van der Waals surface area contributed by atoms with Gasteiger partial charge in [-0.2, -0.15) is 9.40 Å². The molecule has 0 saturated carbocycles. The monoisotopic (exact) mass is 302 g/mol. The number of nitrogens with zero attached hydrogens (tertiary/aromatic N) is 3. The van der Waals surface area contributed by atoms with Crippen molar-refractivity contribution in [2.24, 2.45) is 7.05 Å². The van der Waals surface area contributed by atoms with Crippen LogP contribution in [0, 0.1) is 13.8 Å². The largest absolute Gasteiger partial charge is 0.387 e. The van der Waals surface area contributed by atoms with Crippen molar-refractivity contribution in [1.82, 2.24) is 19.4 Å². The lowest BCUT2D eigenvalue weighted by Gasteiger charge is -2.27. The highest BCUT2D eigenvalue weighted by molar-refractivity contribution is 7.89. The molecule has 0 aliphatic carbocycles. The number of β-amino-alcohol motifs (C(OH)–C–C–N with tert-alkyl or cyclic N) is 1. The van der Waals surface area contributed by atoms with E-state index in [2.05, 4.69) is 10.4 Å². The first-order valence-corrected chi connectivity index (χ1v) is 8.01. The third-order valence-corrected chi connectivity index (χ3v) is 5.91. The number of aryl methyl sites for hydroxylation is 2. The average molecular weight is 302 g/mol. The zero-order valence-electron chi connectivity index (χ0n) is 12.3. The zero-order valence-corrected chi connectivity index (χ0v) is 13.2. The molecule has 1 aromatic rings. The molecule has 0 spiro atoms. The van der Waals surface area contributed by atoms with Gasteiger partial charge in [-0.05, 0) is 26.8 Å². The van der Waals surface area contributed by atoms with Crippen molar-refractivity contribution < 1.29 is 13.5 Å². The third-order valence-electron chi connectivity index (χ3n) is 3.85. The molecule has 1 atom stereocenters. The Hall–Kier alpha value is -0.960. The first kappa shape index (κ1) is 15.4. The fraction of sp³-hybridized carbons (Fsp3) is 0.750.